The van der Waals surface area contributed by atoms with Gasteiger partial charge in [-0.05, 0) is 29.9 Å². The zero-order valence-corrected chi connectivity index (χ0v) is 17.0. The van der Waals surface area contributed by atoms with Gasteiger partial charge < -0.3 is 18.9 Å². The van der Waals surface area contributed by atoms with Gasteiger partial charge in [0.2, 0.25) is 0 Å². The molecule has 0 aromatic heterocycles. The van der Waals surface area contributed by atoms with Gasteiger partial charge in [-0.3, -0.25) is 0 Å². The van der Waals surface area contributed by atoms with Crippen LogP contribution in [0.15, 0.2) is 30.3 Å². The summed E-state index contributed by atoms with van der Waals surface area (Å²) in [5.74, 6) is 0.497. The number of benzene rings is 1. The monoisotopic (exact) mass is 368 g/mol. The lowest BCUT2D eigenvalue weighted by Gasteiger charge is -2.17. The van der Waals surface area contributed by atoms with Gasteiger partial charge in [0.05, 0.1) is 19.8 Å². The van der Waals surface area contributed by atoms with E-state index in [9.17, 15) is 9.59 Å². The van der Waals surface area contributed by atoms with Gasteiger partial charge in [-0.15, -0.1) is 0 Å². The maximum Gasteiger partial charge on any atom is 0.513 e. The third-order valence-corrected chi connectivity index (χ3v) is 2.45. The first-order chi connectivity index (χ1) is 11.9. The first-order valence-corrected chi connectivity index (χ1v) is 8.62. The van der Waals surface area contributed by atoms with Crippen LogP contribution in [0.25, 0.3) is 0 Å². The van der Waals surface area contributed by atoms with Gasteiger partial charge in [-0.1, -0.05) is 59.7 Å². The van der Waals surface area contributed by atoms with Crippen molar-refractivity contribution in [2.24, 2.45) is 10.8 Å². The molecule has 6 heteroatoms. The van der Waals surface area contributed by atoms with E-state index >= 15 is 0 Å². The van der Waals surface area contributed by atoms with Crippen LogP contribution in [0.1, 0.15) is 48.5 Å². The highest BCUT2D eigenvalue weighted by Crippen LogP contribution is 2.15. The molecule has 1 rings (SSSR count). The fourth-order valence-corrected chi connectivity index (χ4v) is 1.32. The molecule has 0 fully saturated rings. The fourth-order valence-electron chi connectivity index (χ4n) is 1.32. The SMILES string of the molecule is CC(C)(C)COC(=O)Oc1ccccc1.CCOC(=O)OCC(C)(C)C. The van der Waals surface area contributed by atoms with Crippen molar-refractivity contribution in [1.29, 1.82) is 0 Å². The van der Waals surface area contributed by atoms with Crippen LogP contribution in [-0.4, -0.2) is 32.1 Å². The largest absolute Gasteiger partial charge is 0.513 e. The zero-order valence-electron chi connectivity index (χ0n) is 17.0. The van der Waals surface area contributed by atoms with Crippen molar-refractivity contribution in [2.75, 3.05) is 19.8 Å². The van der Waals surface area contributed by atoms with Crippen molar-refractivity contribution in [3.8, 4) is 5.75 Å². The van der Waals surface area contributed by atoms with Crippen molar-refractivity contribution in [3.05, 3.63) is 30.3 Å². The van der Waals surface area contributed by atoms with Crippen molar-refractivity contribution < 1.29 is 28.5 Å². The van der Waals surface area contributed by atoms with Crippen LogP contribution in [0.2, 0.25) is 0 Å². The highest BCUT2D eigenvalue weighted by Gasteiger charge is 2.15. The molecule has 0 aliphatic carbocycles. The van der Waals surface area contributed by atoms with E-state index in [1.807, 2.05) is 47.6 Å². The Hall–Kier alpha value is -2.24. The average molecular weight is 368 g/mol. The minimum atomic E-state index is -0.656. The molecule has 0 spiro atoms. The summed E-state index contributed by atoms with van der Waals surface area (Å²) in [4.78, 5) is 21.9. The number of carbonyl (C=O) groups is 2. The molecule has 26 heavy (non-hydrogen) atoms. The summed E-state index contributed by atoms with van der Waals surface area (Å²) >= 11 is 0. The van der Waals surface area contributed by atoms with Gasteiger partial charge in [0.1, 0.15) is 5.75 Å². The number of ether oxygens (including phenoxy) is 4. The predicted molar refractivity (Wildman–Crippen MR) is 100 cm³/mol. The molecular weight excluding hydrogens is 336 g/mol. The van der Waals surface area contributed by atoms with Gasteiger partial charge in [-0.2, -0.15) is 0 Å². The number of para-hydroxylation sites is 1. The highest BCUT2D eigenvalue weighted by atomic mass is 16.7. The fraction of sp³-hybridized carbons (Fsp3) is 0.600. The van der Waals surface area contributed by atoms with E-state index in [2.05, 4.69) is 4.74 Å². The van der Waals surface area contributed by atoms with Gasteiger partial charge in [0, 0.05) is 0 Å². The Kier molecular flexibility index (Phi) is 10.4. The Labute approximate surface area is 156 Å². The molecule has 0 N–H and O–H groups in total. The third kappa shape index (κ3) is 15.3. The van der Waals surface area contributed by atoms with E-state index in [0.717, 1.165) is 0 Å². The van der Waals surface area contributed by atoms with Crippen LogP contribution in [0.4, 0.5) is 9.59 Å². The Bertz CT molecular complexity index is 525. The van der Waals surface area contributed by atoms with Gasteiger partial charge in [-0.25, -0.2) is 9.59 Å². The van der Waals surface area contributed by atoms with E-state index in [1.54, 1.807) is 31.2 Å². The topological polar surface area (TPSA) is 71.1 Å². The summed E-state index contributed by atoms with van der Waals surface area (Å²) in [6, 6.07) is 8.86. The van der Waals surface area contributed by atoms with Crippen molar-refractivity contribution in [3.63, 3.8) is 0 Å². The summed E-state index contributed by atoms with van der Waals surface area (Å²) in [6.45, 7) is 14.8. The standard InChI is InChI=1S/C12H16O3.C8H16O3/c1-12(2,3)9-14-11(13)15-10-7-5-4-6-8-10;1-5-10-7(9)11-6-8(2,3)4/h4-8H,9H2,1-3H3;5-6H2,1-4H3. The summed E-state index contributed by atoms with van der Waals surface area (Å²) in [5, 5.41) is 0. The summed E-state index contributed by atoms with van der Waals surface area (Å²) in [6.07, 6.45) is -1.24. The highest BCUT2D eigenvalue weighted by molar-refractivity contribution is 5.63. The average Bonchev–Trinajstić information content (AvgIpc) is 2.52. The normalized spacial score (nSPS) is 10.9. The first-order valence-electron chi connectivity index (χ1n) is 8.62. The molecular formula is C20H32O6. The smallest absolute Gasteiger partial charge is 0.435 e. The van der Waals surface area contributed by atoms with E-state index < -0.39 is 12.3 Å². The van der Waals surface area contributed by atoms with Crippen molar-refractivity contribution in [1.82, 2.24) is 0 Å². The molecule has 0 heterocycles. The Morgan fingerprint density at radius 1 is 0.769 bits per heavy atom. The molecule has 0 unspecified atom stereocenters. The van der Waals surface area contributed by atoms with E-state index in [1.165, 1.54) is 0 Å². The van der Waals surface area contributed by atoms with Crippen LogP contribution < -0.4 is 4.74 Å². The molecule has 0 atom stereocenters. The van der Waals surface area contributed by atoms with Crippen molar-refractivity contribution >= 4 is 12.3 Å². The van der Waals surface area contributed by atoms with Crippen molar-refractivity contribution in [2.45, 2.75) is 48.5 Å². The molecule has 0 aliphatic rings. The zero-order chi connectivity index (χ0) is 20.2. The third-order valence-electron chi connectivity index (χ3n) is 2.45. The van der Waals surface area contributed by atoms with E-state index in [4.69, 9.17) is 14.2 Å². The number of hydrogen-bond donors (Lipinski definition) is 0. The molecule has 0 amide bonds. The summed E-state index contributed by atoms with van der Waals surface area (Å²) in [5.41, 5.74) is -0.0392. The van der Waals surface area contributed by atoms with Gasteiger partial charge in [0.25, 0.3) is 0 Å². The van der Waals surface area contributed by atoms with E-state index in [0.29, 0.717) is 25.6 Å². The predicted octanol–water partition coefficient (Wildman–Crippen LogP) is 5.45. The molecule has 1 aromatic carbocycles. The second-order valence-electron chi connectivity index (χ2n) is 8.05. The number of hydrogen-bond acceptors (Lipinski definition) is 6. The minimum absolute atomic E-state index is 0.00671. The van der Waals surface area contributed by atoms with Gasteiger partial charge in [0.15, 0.2) is 0 Å². The lowest BCUT2D eigenvalue weighted by Crippen LogP contribution is -2.20. The van der Waals surface area contributed by atoms with E-state index in [-0.39, 0.29) is 10.8 Å². The molecule has 148 valence electrons. The Morgan fingerprint density at radius 3 is 1.65 bits per heavy atom. The molecule has 0 radical (unpaired) electrons. The van der Waals surface area contributed by atoms with Crippen LogP contribution >= 0.6 is 0 Å². The Balaban J connectivity index is 0.000000508. The molecule has 0 saturated heterocycles. The van der Waals surface area contributed by atoms with Crippen LogP contribution in [-0.2, 0) is 14.2 Å². The summed E-state index contributed by atoms with van der Waals surface area (Å²) in [7, 11) is 0. The van der Waals surface area contributed by atoms with Gasteiger partial charge >= 0.3 is 12.3 Å². The quantitative estimate of drug-likeness (QED) is 0.519. The second kappa shape index (κ2) is 11.4. The lowest BCUT2D eigenvalue weighted by molar-refractivity contribution is 0.0362. The maximum absolute atomic E-state index is 11.2. The lowest BCUT2D eigenvalue weighted by atomic mass is 9.99. The number of rotatable bonds is 4. The number of carbonyl (C=O) groups excluding carboxylic acids is 2. The molecule has 1 aromatic rings. The minimum Gasteiger partial charge on any atom is -0.435 e. The first kappa shape index (κ1) is 23.8. The summed E-state index contributed by atoms with van der Waals surface area (Å²) < 4.78 is 19.3. The second-order valence-corrected chi connectivity index (χ2v) is 8.05. The maximum atomic E-state index is 11.2. The molecule has 0 saturated carbocycles. The van der Waals surface area contributed by atoms with Crippen LogP contribution in [0.5, 0.6) is 5.75 Å². The van der Waals surface area contributed by atoms with Crippen LogP contribution in [0, 0.1) is 10.8 Å². The molecule has 0 aliphatic heterocycles. The Morgan fingerprint density at radius 2 is 1.23 bits per heavy atom. The molecule has 0 bridgehead atoms. The molecule has 6 nitrogen and oxygen atoms in total. The van der Waals surface area contributed by atoms with Crippen LogP contribution in [0.3, 0.4) is 0 Å².